The molecule has 1 aromatic heterocycles. The number of hydrogen-bond donors (Lipinski definition) is 1. The Hall–Kier alpha value is -1.08. The third-order valence-electron chi connectivity index (χ3n) is 2.82. The van der Waals surface area contributed by atoms with Crippen molar-refractivity contribution in [3.05, 3.63) is 10.6 Å². The van der Waals surface area contributed by atoms with E-state index in [9.17, 15) is 9.59 Å². The fourth-order valence-corrected chi connectivity index (χ4v) is 3.53. The first-order chi connectivity index (χ1) is 8.92. The van der Waals surface area contributed by atoms with Crippen LogP contribution in [-0.4, -0.2) is 46.9 Å². The Bertz CT molecular complexity index is 442. The molecule has 1 N–H and O–H groups in total. The van der Waals surface area contributed by atoms with Crippen molar-refractivity contribution in [1.29, 1.82) is 0 Å². The predicted molar refractivity (Wildman–Crippen MR) is 79.9 cm³/mol. The highest BCUT2D eigenvalue weighted by Gasteiger charge is 2.24. The first-order valence-corrected chi connectivity index (χ1v) is 8.10. The van der Waals surface area contributed by atoms with Crippen molar-refractivity contribution in [3.8, 4) is 0 Å². The zero-order chi connectivity index (χ0) is 14.6. The number of aromatic nitrogens is 1. The number of thioether (sulfide) groups is 1. The zero-order valence-corrected chi connectivity index (χ0v) is 13.1. The minimum Gasteiger partial charge on any atom is -0.476 e. The molecule has 1 heterocycles. The second-order valence-electron chi connectivity index (χ2n) is 4.16. The molecule has 1 unspecified atom stereocenters. The maximum absolute atomic E-state index is 11.5. The fraction of sp³-hybridized carbons (Fsp3) is 0.583. The maximum atomic E-state index is 11.5. The van der Waals surface area contributed by atoms with Gasteiger partial charge in [0.05, 0.1) is 0 Å². The van der Waals surface area contributed by atoms with Gasteiger partial charge in [-0.3, -0.25) is 4.79 Å². The monoisotopic (exact) mass is 302 g/mol. The van der Waals surface area contributed by atoms with Crippen LogP contribution in [0.4, 0.5) is 5.13 Å². The molecule has 0 spiro atoms. The van der Waals surface area contributed by atoms with E-state index in [-0.39, 0.29) is 22.4 Å². The SMILES string of the molecule is CCC(CSC)N(C)c1nc(C(=O)O)c(C(C)=O)s1. The molecule has 0 radical (unpaired) electrons. The molecule has 0 fully saturated rings. The number of aromatic carboxylic acids is 1. The van der Waals surface area contributed by atoms with Crippen LogP contribution in [0.5, 0.6) is 0 Å². The number of thiazole rings is 1. The zero-order valence-electron chi connectivity index (χ0n) is 11.5. The summed E-state index contributed by atoms with van der Waals surface area (Å²) in [4.78, 5) is 28.8. The molecule has 0 bridgehead atoms. The van der Waals surface area contributed by atoms with Crippen LogP contribution >= 0.6 is 23.1 Å². The summed E-state index contributed by atoms with van der Waals surface area (Å²) in [6.07, 6.45) is 2.97. The van der Waals surface area contributed by atoms with E-state index in [4.69, 9.17) is 5.11 Å². The molecular formula is C12H18N2O3S2. The van der Waals surface area contributed by atoms with E-state index in [1.807, 2.05) is 18.2 Å². The van der Waals surface area contributed by atoms with E-state index in [0.717, 1.165) is 23.5 Å². The Morgan fingerprint density at radius 1 is 1.53 bits per heavy atom. The van der Waals surface area contributed by atoms with Crippen LogP contribution in [-0.2, 0) is 0 Å². The smallest absolute Gasteiger partial charge is 0.356 e. The summed E-state index contributed by atoms with van der Waals surface area (Å²) in [6.45, 7) is 3.44. The summed E-state index contributed by atoms with van der Waals surface area (Å²) in [5.74, 6) is -0.476. The van der Waals surface area contributed by atoms with Crippen LogP contribution in [0.25, 0.3) is 0 Å². The molecule has 0 aliphatic rings. The summed E-state index contributed by atoms with van der Waals surface area (Å²) < 4.78 is 0. The van der Waals surface area contributed by atoms with Gasteiger partial charge in [0, 0.05) is 25.8 Å². The van der Waals surface area contributed by atoms with Crippen LogP contribution in [0, 0.1) is 0 Å². The molecule has 106 valence electrons. The molecule has 0 aliphatic heterocycles. The lowest BCUT2D eigenvalue weighted by Gasteiger charge is -2.26. The topological polar surface area (TPSA) is 70.5 Å². The van der Waals surface area contributed by atoms with E-state index in [2.05, 4.69) is 11.9 Å². The average Bonchev–Trinajstić information content (AvgIpc) is 2.80. The number of nitrogens with zero attached hydrogens (tertiary/aromatic N) is 2. The van der Waals surface area contributed by atoms with Gasteiger partial charge in [-0.25, -0.2) is 9.78 Å². The number of carbonyl (C=O) groups is 2. The van der Waals surface area contributed by atoms with Crippen LogP contribution in [0.3, 0.4) is 0 Å². The molecule has 1 aromatic rings. The first-order valence-electron chi connectivity index (χ1n) is 5.89. The van der Waals surface area contributed by atoms with Crippen molar-refractivity contribution in [2.24, 2.45) is 0 Å². The van der Waals surface area contributed by atoms with Gasteiger partial charge in [0.25, 0.3) is 0 Å². The van der Waals surface area contributed by atoms with Gasteiger partial charge in [-0.15, -0.1) is 0 Å². The van der Waals surface area contributed by atoms with Gasteiger partial charge >= 0.3 is 5.97 Å². The Morgan fingerprint density at radius 2 is 2.16 bits per heavy atom. The van der Waals surface area contributed by atoms with E-state index in [1.165, 1.54) is 6.92 Å². The van der Waals surface area contributed by atoms with Gasteiger partial charge in [0.15, 0.2) is 16.6 Å². The van der Waals surface area contributed by atoms with E-state index < -0.39 is 5.97 Å². The molecule has 7 heteroatoms. The van der Waals surface area contributed by atoms with E-state index in [1.54, 1.807) is 11.8 Å². The van der Waals surface area contributed by atoms with Crippen molar-refractivity contribution in [3.63, 3.8) is 0 Å². The molecule has 5 nitrogen and oxygen atoms in total. The lowest BCUT2D eigenvalue weighted by Crippen LogP contribution is -2.33. The summed E-state index contributed by atoms with van der Waals surface area (Å²) in [5, 5.41) is 9.66. The predicted octanol–water partition coefficient (Wildman–Crippen LogP) is 2.62. The Kier molecular flexibility index (Phi) is 5.81. The third kappa shape index (κ3) is 3.70. The number of ketones is 1. The summed E-state index contributed by atoms with van der Waals surface area (Å²) in [7, 11) is 1.89. The number of carbonyl (C=O) groups excluding carboxylic acids is 1. The minimum atomic E-state index is -1.15. The summed E-state index contributed by atoms with van der Waals surface area (Å²) in [5.41, 5.74) is -0.140. The van der Waals surface area contributed by atoms with Gasteiger partial charge < -0.3 is 10.0 Å². The third-order valence-corrected chi connectivity index (χ3v) is 4.78. The molecule has 0 aliphatic carbocycles. The van der Waals surface area contributed by atoms with Crippen molar-refractivity contribution >= 4 is 40.0 Å². The number of anilines is 1. The molecule has 0 saturated carbocycles. The summed E-state index contributed by atoms with van der Waals surface area (Å²) >= 11 is 2.88. The Balaban J connectivity index is 3.10. The van der Waals surface area contributed by atoms with Crippen LogP contribution in [0.2, 0.25) is 0 Å². The van der Waals surface area contributed by atoms with Gasteiger partial charge in [-0.1, -0.05) is 18.3 Å². The van der Waals surface area contributed by atoms with Crippen molar-refractivity contribution < 1.29 is 14.7 Å². The van der Waals surface area contributed by atoms with Crippen LogP contribution < -0.4 is 4.90 Å². The standard InChI is InChI=1S/C12H18N2O3S2/c1-5-8(6-18-4)14(3)12-13-9(11(16)17)10(19-12)7(2)15/h8H,5-6H2,1-4H3,(H,16,17). The number of hydrogen-bond acceptors (Lipinski definition) is 6. The largest absolute Gasteiger partial charge is 0.476 e. The number of carboxylic acids is 1. The van der Waals surface area contributed by atoms with Gasteiger partial charge in [-0.2, -0.15) is 11.8 Å². The molecular weight excluding hydrogens is 284 g/mol. The van der Waals surface area contributed by atoms with Gasteiger partial charge in [0.2, 0.25) is 0 Å². The second-order valence-corrected chi connectivity index (χ2v) is 6.05. The lowest BCUT2D eigenvalue weighted by atomic mass is 10.2. The number of rotatable bonds is 7. The average molecular weight is 302 g/mol. The quantitative estimate of drug-likeness (QED) is 0.781. The maximum Gasteiger partial charge on any atom is 0.356 e. The fourth-order valence-electron chi connectivity index (χ4n) is 1.70. The second kappa shape index (κ2) is 6.91. The van der Waals surface area contributed by atoms with Crippen molar-refractivity contribution in [1.82, 2.24) is 4.98 Å². The molecule has 0 aromatic carbocycles. The molecule has 0 amide bonds. The number of carboxylic acid groups (broad SMARTS) is 1. The van der Waals surface area contributed by atoms with Crippen LogP contribution in [0.1, 0.15) is 40.4 Å². The van der Waals surface area contributed by atoms with Gasteiger partial charge in [-0.05, 0) is 12.7 Å². The normalized spacial score (nSPS) is 12.2. The highest BCUT2D eigenvalue weighted by Crippen LogP contribution is 2.28. The Labute approximate surface area is 121 Å². The van der Waals surface area contributed by atoms with Gasteiger partial charge in [0.1, 0.15) is 4.88 Å². The molecule has 19 heavy (non-hydrogen) atoms. The first kappa shape index (κ1) is 16.0. The molecule has 0 saturated heterocycles. The Morgan fingerprint density at radius 3 is 2.53 bits per heavy atom. The van der Waals surface area contributed by atoms with Crippen LogP contribution in [0.15, 0.2) is 0 Å². The summed E-state index contributed by atoms with van der Waals surface area (Å²) in [6, 6.07) is 0.280. The lowest BCUT2D eigenvalue weighted by molar-refractivity contribution is 0.0687. The highest BCUT2D eigenvalue weighted by atomic mass is 32.2. The van der Waals surface area contributed by atoms with E-state index >= 15 is 0 Å². The highest BCUT2D eigenvalue weighted by molar-refractivity contribution is 7.98. The van der Waals surface area contributed by atoms with Crippen molar-refractivity contribution in [2.45, 2.75) is 26.3 Å². The number of Topliss-reactive ketones (excluding diaryl/α,β-unsaturated/α-hetero) is 1. The van der Waals surface area contributed by atoms with Crippen molar-refractivity contribution in [2.75, 3.05) is 24.0 Å². The molecule has 1 atom stereocenters. The minimum absolute atomic E-state index is 0.140. The molecule has 1 rings (SSSR count). The van der Waals surface area contributed by atoms with E-state index in [0.29, 0.717) is 5.13 Å².